The molecule has 6 heteroatoms. The van der Waals surface area contributed by atoms with Crippen LogP contribution in [0, 0.1) is 0 Å². The quantitative estimate of drug-likeness (QED) is 0.882. The number of carbonyl (C=O) groups is 1. The molecule has 0 bridgehead atoms. The number of benzene rings is 2. The zero-order valence-corrected chi connectivity index (χ0v) is 15.1. The molecule has 0 atom stereocenters. The van der Waals surface area contributed by atoms with Crippen molar-refractivity contribution in [3.8, 4) is 11.5 Å². The number of hydrogen-bond donors (Lipinski definition) is 1. The van der Waals surface area contributed by atoms with Gasteiger partial charge in [0, 0.05) is 11.6 Å². The van der Waals surface area contributed by atoms with Crippen LogP contribution in [-0.4, -0.2) is 33.2 Å². The van der Waals surface area contributed by atoms with E-state index < -0.39 is 0 Å². The minimum Gasteiger partial charge on any atom is -0.495 e. The zero-order chi connectivity index (χ0) is 17.8. The van der Waals surface area contributed by atoms with Gasteiger partial charge in [-0.2, -0.15) is 0 Å². The number of aryl methyl sites for hydroxylation is 1. The van der Waals surface area contributed by atoms with Crippen molar-refractivity contribution >= 4 is 28.9 Å². The summed E-state index contributed by atoms with van der Waals surface area (Å²) in [4.78, 5) is 14.6. The Morgan fingerprint density at radius 2 is 2.00 bits per heavy atom. The first-order chi connectivity index (χ1) is 12.1. The summed E-state index contributed by atoms with van der Waals surface area (Å²) >= 11 is 6.02. The Balaban J connectivity index is 1.78. The van der Waals surface area contributed by atoms with Gasteiger partial charge in [0.2, 0.25) is 5.91 Å². The summed E-state index contributed by atoms with van der Waals surface area (Å²) in [5.74, 6) is 1.25. The highest BCUT2D eigenvalue weighted by Crippen LogP contribution is 2.36. The number of nitrogens with zero attached hydrogens (tertiary/aromatic N) is 1. The highest BCUT2D eigenvalue weighted by molar-refractivity contribution is 6.31. The Labute approximate surface area is 152 Å². The van der Waals surface area contributed by atoms with Gasteiger partial charge in [0.1, 0.15) is 11.5 Å². The second-order valence-corrected chi connectivity index (χ2v) is 6.32. The number of anilines is 2. The molecular formula is C19H21ClN2O3. The van der Waals surface area contributed by atoms with E-state index in [1.165, 1.54) is 5.56 Å². The lowest BCUT2D eigenvalue weighted by molar-refractivity contribution is -0.115. The van der Waals surface area contributed by atoms with Crippen LogP contribution in [0.3, 0.4) is 0 Å². The molecule has 0 aliphatic carbocycles. The van der Waals surface area contributed by atoms with Crippen molar-refractivity contribution in [1.29, 1.82) is 0 Å². The number of fused-ring (bicyclic) bond motifs is 1. The van der Waals surface area contributed by atoms with Gasteiger partial charge >= 0.3 is 0 Å². The molecule has 0 saturated heterocycles. The maximum absolute atomic E-state index is 12.6. The van der Waals surface area contributed by atoms with Gasteiger partial charge in [-0.25, -0.2) is 0 Å². The number of methoxy groups -OCH3 is 2. The van der Waals surface area contributed by atoms with Gasteiger partial charge in [0.15, 0.2) is 0 Å². The van der Waals surface area contributed by atoms with Gasteiger partial charge in [-0.15, -0.1) is 0 Å². The molecule has 1 amide bonds. The summed E-state index contributed by atoms with van der Waals surface area (Å²) in [6, 6.07) is 11.1. The number of ether oxygens (including phenoxy) is 2. The maximum atomic E-state index is 12.6. The number of carbonyl (C=O) groups excluding carboxylic acids is 1. The van der Waals surface area contributed by atoms with E-state index in [4.69, 9.17) is 21.1 Å². The SMILES string of the molecule is COc1ccc(Cl)cc1NC(=O)CN1CCCc2cccc(OC)c21. The normalized spacial score (nSPS) is 13.2. The highest BCUT2D eigenvalue weighted by Gasteiger charge is 2.23. The average molecular weight is 361 g/mol. The van der Waals surface area contributed by atoms with Crippen LogP contribution in [0.2, 0.25) is 5.02 Å². The van der Waals surface area contributed by atoms with Gasteiger partial charge < -0.3 is 19.7 Å². The fourth-order valence-electron chi connectivity index (χ4n) is 3.16. The van der Waals surface area contributed by atoms with Crippen molar-refractivity contribution < 1.29 is 14.3 Å². The van der Waals surface area contributed by atoms with E-state index in [9.17, 15) is 4.79 Å². The molecule has 5 nitrogen and oxygen atoms in total. The first kappa shape index (κ1) is 17.4. The average Bonchev–Trinajstić information content (AvgIpc) is 2.61. The monoisotopic (exact) mass is 360 g/mol. The lowest BCUT2D eigenvalue weighted by Gasteiger charge is -2.32. The summed E-state index contributed by atoms with van der Waals surface area (Å²) in [7, 11) is 3.21. The van der Waals surface area contributed by atoms with Crippen LogP contribution in [0.1, 0.15) is 12.0 Å². The molecule has 1 heterocycles. The Bertz CT molecular complexity index is 765. The number of nitrogens with one attached hydrogen (secondary N) is 1. The van der Waals surface area contributed by atoms with E-state index in [0.29, 0.717) is 16.5 Å². The van der Waals surface area contributed by atoms with E-state index in [0.717, 1.165) is 30.8 Å². The van der Waals surface area contributed by atoms with E-state index in [1.54, 1.807) is 32.4 Å². The van der Waals surface area contributed by atoms with Crippen LogP contribution in [0.5, 0.6) is 11.5 Å². The third-order valence-electron chi connectivity index (χ3n) is 4.26. The largest absolute Gasteiger partial charge is 0.495 e. The molecule has 1 N–H and O–H groups in total. The highest BCUT2D eigenvalue weighted by atomic mass is 35.5. The minimum atomic E-state index is -0.126. The minimum absolute atomic E-state index is 0.126. The Morgan fingerprint density at radius 1 is 1.20 bits per heavy atom. The molecule has 1 aliphatic rings. The van der Waals surface area contributed by atoms with Crippen LogP contribution >= 0.6 is 11.6 Å². The molecule has 0 fully saturated rings. The number of para-hydroxylation sites is 1. The van der Waals surface area contributed by atoms with Crippen molar-refractivity contribution in [3.05, 3.63) is 47.0 Å². The lowest BCUT2D eigenvalue weighted by atomic mass is 10.0. The Morgan fingerprint density at radius 3 is 2.76 bits per heavy atom. The molecule has 132 valence electrons. The fraction of sp³-hybridized carbons (Fsp3) is 0.316. The summed E-state index contributed by atoms with van der Waals surface area (Å²) < 4.78 is 10.8. The van der Waals surface area contributed by atoms with E-state index in [-0.39, 0.29) is 12.5 Å². The Hall–Kier alpha value is -2.40. The second-order valence-electron chi connectivity index (χ2n) is 5.89. The van der Waals surface area contributed by atoms with Gasteiger partial charge in [-0.1, -0.05) is 23.7 Å². The van der Waals surface area contributed by atoms with Gasteiger partial charge in [0.05, 0.1) is 32.1 Å². The zero-order valence-electron chi connectivity index (χ0n) is 14.3. The third kappa shape index (κ3) is 3.82. The number of hydrogen-bond acceptors (Lipinski definition) is 4. The predicted octanol–water partition coefficient (Wildman–Crippen LogP) is 3.75. The van der Waals surface area contributed by atoms with Gasteiger partial charge in [-0.3, -0.25) is 4.79 Å². The molecule has 2 aromatic rings. The molecule has 0 radical (unpaired) electrons. The molecule has 1 aliphatic heterocycles. The van der Waals surface area contributed by atoms with Crippen molar-refractivity contribution in [3.63, 3.8) is 0 Å². The van der Waals surface area contributed by atoms with Crippen LogP contribution < -0.4 is 19.7 Å². The lowest BCUT2D eigenvalue weighted by Crippen LogP contribution is -2.37. The topological polar surface area (TPSA) is 50.8 Å². The number of halogens is 1. The van der Waals surface area contributed by atoms with Gasteiger partial charge in [0.25, 0.3) is 0 Å². The van der Waals surface area contributed by atoms with Crippen molar-refractivity contribution in [1.82, 2.24) is 0 Å². The van der Waals surface area contributed by atoms with E-state index in [1.807, 2.05) is 12.1 Å². The molecule has 25 heavy (non-hydrogen) atoms. The first-order valence-electron chi connectivity index (χ1n) is 8.16. The van der Waals surface area contributed by atoms with Crippen LogP contribution in [0.25, 0.3) is 0 Å². The standard InChI is InChI=1S/C19H21ClN2O3/c1-24-16-9-8-14(20)11-15(16)21-18(23)12-22-10-4-6-13-5-3-7-17(25-2)19(13)22/h3,5,7-9,11H,4,6,10,12H2,1-2H3,(H,21,23). The molecule has 3 rings (SSSR count). The van der Waals surface area contributed by atoms with E-state index in [2.05, 4.69) is 16.3 Å². The molecule has 2 aromatic carbocycles. The molecule has 0 unspecified atom stereocenters. The number of amides is 1. The molecule has 0 saturated carbocycles. The van der Waals surface area contributed by atoms with Crippen molar-refractivity contribution in [2.45, 2.75) is 12.8 Å². The third-order valence-corrected chi connectivity index (χ3v) is 4.50. The fourth-order valence-corrected chi connectivity index (χ4v) is 3.34. The van der Waals surface area contributed by atoms with Crippen LogP contribution in [0.4, 0.5) is 11.4 Å². The smallest absolute Gasteiger partial charge is 0.243 e. The van der Waals surface area contributed by atoms with Crippen LogP contribution in [-0.2, 0) is 11.2 Å². The van der Waals surface area contributed by atoms with Crippen molar-refractivity contribution in [2.75, 3.05) is 37.5 Å². The Kier molecular flexibility index (Phi) is 5.34. The molecule has 0 aromatic heterocycles. The molecular weight excluding hydrogens is 340 g/mol. The summed E-state index contributed by atoms with van der Waals surface area (Å²) in [5.41, 5.74) is 2.78. The summed E-state index contributed by atoms with van der Waals surface area (Å²) in [6.07, 6.45) is 2.00. The summed E-state index contributed by atoms with van der Waals surface area (Å²) in [5, 5.41) is 3.43. The predicted molar refractivity (Wildman–Crippen MR) is 100 cm³/mol. The summed E-state index contributed by atoms with van der Waals surface area (Å²) in [6.45, 7) is 1.05. The van der Waals surface area contributed by atoms with E-state index >= 15 is 0 Å². The van der Waals surface area contributed by atoms with Crippen molar-refractivity contribution in [2.24, 2.45) is 0 Å². The van der Waals surface area contributed by atoms with Gasteiger partial charge in [-0.05, 0) is 42.7 Å². The maximum Gasteiger partial charge on any atom is 0.243 e. The number of rotatable bonds is 5. The first-order valence-corrected chi connectivity index (χ1v) is 8.54. The second kappa shape index (κ2) is 7.66. The molecule has 0 spiro atoms. The van der Waals surface area contributed by atoms with Crippen LogP contribution in [0.15, 0.2) is 36.4 Å².